The van der Waals surface area contributed by atoms with E-state index >= 15 is 0 Å². The number of nitrogens with zero attached hydrogens (tertiary/aromatic N) is 3. The van der Waals surface area contributed by atoms with Gasteiger partial charge in [0.25, 0.3) is 0 Å². The van der Waals surface area contributed by atoms with Crippen molar-refractivity contribution in [3.8, 4) is 0 Å². The van der Waals surface area contributed by atoms with Crippen LogP contribution in [-0.4, -0.2) is 53.3 Å². The number of likely N-dealkylation sites (tertiary alicyclic amines) is 1. The second-order valence-corrected chi connectivity index (χ2v) is 7.45. The predicted molar refractivity (Wildman–Crippen MR) is 110 cm³/mol. The monoisotopic (exact) mass is 381 g/mol. The van der Waals surface area contributed by atoms with Crippen molar-refractivity contribution in [3.63, 3.8) is 0 Å². The smallest absolute Gasteiger partial charge is 0.313 e. The number of amides is 2. The van der Waals surface area contributed by atoms with Crippen molar-refractivity contribution in [2.45, 2.75) is 31.8 Å². The molecule has 2 amide bonds. The summed E-state index contributed by atoms with van der Waals surface area (Å²) in [4.78, 5) is 33.5. The molecule has 1 aliphatic rings. The third-order valence-electron chi connectivity index (χ3n) is 5.32. The average molecular weight is 381 g/mol. The Morgan fingerprint density at radius 2 is 1.96 bits per heavy atom. The number of carbonyl (C=O) groups is 2. The lowest BCUT2D eigenvalue weighted by atomic mass is 9.91. The van der Waals surface area contributed by atoms with Crippen LogP contribution < -0.4 is 11.1 Å². The third-order valence-corrected chi connectivity index (χ3v) is 5.32. The molecule has 3 N–H and O–H groups in total. The van der Waals surface area contributed by atoms with Crippen molar-refractivity contribution >= 4 is 23.3 Å². The van der Waals surface area contributed by atoms with E-state index < -0.39 is 11.8 Å². The Bertz CT molecular complexity index is 853. The lowest BCUT2D eigenvalue weighted by Gasteiger charge is -2.41. The number of nitrogen functional groups attached to an aromatic ring is 1. The number of piperidine rings is 1. The molecule has 2 atom stereocenters. The normalized spacial score (nSPS) is 19.5. The highest BCUT2D eigenvalue weighted by molar-refractivity contribution is 6.39. The Morgan fingerprint density at radius 1 is 1.25 bits per heavy atom. The van der Waals surface area contributed by atoms with Gasteiger partial charge in [0.05, 0.1) is 17.9 Å². The number of carbonyl (C=O) groups excluding carboxylic acids is 2. The molecule has 28 heavy (non-hydrogen) atoms. The Hall–Kier alpha value is -2.93. The first-order valence-electron chi connectivity index (χ1n) is 9.42. The maximum absolute atomic E-state index is 13.0. The highest BCUT2D eigenvalue weighted by Crippen LogP contribution is 2.32. The summed E-state index contributed by atoms with van der Waals surface area (Å²) in [6.45, 7) is 2.34. The summed E-state index contributed by atoms with van der Waals surface area (Å²) in [5.41, 5.74) is 7.97. The average Bonchev–Trinajstić information content (AvgIpc) is 2.70. The minimum Gasteiger partial charge on any atom is -0.383 e. The van der Waals surface area contributed by atoms with Gasteiger partial charge in [0, 0.05) is 12.6 Å². The van der Waals surface area contributed by atoms with Gasteiger partial charge in [0.15, 0.2) is 0 Å². The van der Waals surface area contributed by atoms with Crippen LogP contribution in [0.15, 0.2) is 42.6 Å². The summed E-state index contributed by atoms with van der Waals surface area (Å²) in [7, 11) is 4.10. The maximum Gasteiger partial charge on any atom is 0.313 e. The lowest BCUT2D eigenvalue weighted by Crippen LogP contribution is -2.49. The van der Waals surface area contributed by atoms with Gasteiger partial charge < -0.3 is 20.9 Å². The molecule has 3 rings (SSSR count). The number of hydrogen-bond acceptors (Lipinski definition) is 5. The SMILES string of the molecule is Cc1cc(NC(=O)C(=O)N2CC[C@@H](N(C)C)C[C@H]2c2ccccc2)cnc1N. The molecule has 2 aromatic rings. The molecule has 1 saturated heterocycles. The molecular formula is C21H27N5O2. The Labute approximate surface area is 165 Å². The van der Waals surface area contributed by atoms with Crippen LogP contribution in [0.3, 0.4) is 0 Å². The zero-order valence-corrected chi connectivity index (χ0v) is 16.6. The van der Waals surface area contributed by atoms with Gasteiger partial charge in [0.1, 0.15) is 5.82 Å². The minimum atomic E-state index is -0.657. The Kier molecular flexibility index (Phi) is 5.94. The number of anilines is 2. The quantitative estimate of drug-likeness (QED) is 0.796. The first-order valence-corrected chi connectivity index (χ1v) is 9.42. The number of benzene rings is 1. The van der Waals surface area contributed by atoms with E-state index in [2.05, 4.69) is 15.2 Å². The standard InChI is InChI=1S/C21H27N5O2/c1-14-11-16(13-23-19(14)22)24-20(27)21(28)26-10-9-17(25(2)3)12-18(26)15-7-5-4-6-8-15/h4-8,11,13,17-18H,9-10,12H2,1-3H3,(H2,22,23)(H,24,27)/t17-,18+/m1/s1. The van der Waals surface area contributed by atoms with E-state index in [1.54, 1.807) is 17.9 Å². The molecular weight excluding hydrogens is 354 g/mol. The van der Waals surface area contributed by atoms with Crippen molar-refractivity contribution < 1.29 is 9.59 Å². The second kappa shape index (κ2) is 8.39. The van der Waals surface area contributed by atoms with Crippen molar-refractivity contribution in [2.75, 3.05) is 31.7 Å². The van der Waals surface area contributed by atoms with Crippen molar-refractivity contribution in [1.29, 1.82) is 0 Å². The number of aryl methyl sites for hydroxylation is 1. The Morgan fingerprint density at radius 3 is 2.61 bits per heavy atom. The second-order valence-electron chi connectivity index (χ2n) is 7.45. The van der Waals surface area contributed by atoms with Gasteiger partial charge in [-0.15, -0.1) is 0 Å². The molecule has 0 spiro atoms. The summed E-state index contributed by atoms with van der Waals surface area (Å²) >= 11 is 0. The fraction of sp³-hybridized carbons (Fsp3) is 0.381. The molecule has 1 aromatic carbocycles. The molecule has 0 saturated carbocycles. The number of nitrogens with two attached hydrogens (primary N) is 1. The van der Waals surface area contributed by atoms with E-state index in [-0.39, 0.29) is 6.04 Å². The van der Waals surface area contributed by atoms with Crippen LogP contribution in [0.2, 0.25) is 0 Å². The molecule has 7 heteroatoms. The van der Waals surface area contributed by atoms with Gasteiger partial charge in [-0.3, -0.25) is 9.59 Å². The van der Waals surface area contributed by atoms with Crippen molar-refractivity contribution in [3.05, 3.63) is 53.7 Å². The predicted octanol–water partition coefficient (Wildman–Crippen LogP) is 2.20. The lowest BCUT2D eigenvalue weighted by molar-refractivity contribution is -0.146. The fourth-order valence-corrected chi connectivity index (χ4v) is 3.62. The van der Waals surface area contributed by atoms with E-state index in [0.717, 1.165) is 24.0 Å². The number of aromatic nitrogens is 1. The summed E-state index contributed by atoms with van der Waals surface area (Å²) in [6.07, 6.45) is 3.08. The van der Waals surface area contributed by atoms with E-state index in [9.17, 15) is 9.59 Å². The zero-order chi connectivity index (χ0) is 20.3. The van der Waals surface area contributed by atoms with E-state index in [0.29, 0.717) is 24.1 Å². The summed E-state index contributed by atoms with van der Waals surface area (Å²) in [5.74, 6) is -0.782. The van der Waals surface area contributed by atoms with Crippen LogP contribution in [0.4, 0.5) is 11.5 Å². The molecule has 1 fully saturated rings. The zero-order valence-electron chi connectivity index (χ0n) is 16.6. The largest absolute Gasteiger partial charge is 0.383 e. The van der Waals surface area contributed by atoms with Crippen molar-refractivity contribution in [2.24, 2.45) is 0 Å². The van der Waals surface area contributed by atoms with Crippen LogP contribution in [-0.2, 0) is 9.59 Å². The minimum absolute atomic E-state index is 0.133. The van der Waals surface area contributed by atoms with E-state index in [4.69, 9.17) is 5.73 Å². The van der Waals surface area contributed by atoms with Gasteiger partial charge in [-0.05, 0) is 51.1 Å². The highest BCUT2D eigenvalue weighted by Gasteiger charge is 2.36. The van der Waals surface area contributed by atoms with Crippen LogP contribution in [0.1, 0.15) is 30.0 Å². The third kappa shape index (κ3) is 4.31. The summed E-state index contributed by atoms with van der Waals surface area (Å²) in [5, 5.41) is 2.65. The van der Waals surface area contributed by atoms with Gasteiger partial charge in [-0.25, -0.2) is 4.98 Å². The molecule has 1 aliphatic heterocycles. The number of pyridine rings is 1. The molecule has 148 valence electrons. The van der Waals surface area contributed by atoms with Crippen LogP contribution in [0, 0.1) is 6.92 Å². The van der Waals surface area contributed by atoms with E-state index in [1.807, 2.05) is 44.4 Å². The number of nitrogens with one attached hydrogen (secondary N) is 1. The molecule has 1 aromatic heterocycles. The molecule has 7 nitrogen and oxygen atoms in total. The maximum atomic E-state index is 13.0. The topological polar surface area (TPSA) is 91.6 Å². The first kappa shape index (κ1) is 19.8. The summed E-state index contributed by atoms with van der Waals surface area (Å²) < 4.78 is 0. The molecule has 0 aliphatic carbocycles. The van der Waals surface area contributed by atoms with Gasteiger partial charge >= 0.3 is 11.8 Å². The summed E-state index contributed by atoms with van der Waals surface area (Å²) in [6, 6.07) is 11.8. The van der Waals surface area contributed by atoms with Gasteiger partial charge in [-0.1, -0.05) is 30.3 Å². The molecule has 2 heterocycles. The number of rotatable bonds is 3. The number of hydrogen-bond donors (Lipinski definition) is 2. The molecule has 0 radical (unpaired) electrons. The molecule has 0 unspecified atom stereocenters. The highest BCUT2D eigenvalue weighted by atomic mass is 16.2. The van der Waals surface area contributed by atoms with Gasteiger partial charge in [0.2, 0.25) is 0 Å². The van der Waals surface area contributed by atoms with Gasteiger partial charge in [-0.2, -0.15) is 0 Å². The first-order chi connectivity index (χ1) is 13.4. The van der Waals surface area contributed by atoms with Crippen LogP contribution in [0.25, 0.3) is 0 Å². The van der Waals surface area contributed by atoms with Crippen LogP contribution >= 0.6 is 0 Å². The Balaban J connectivity index is 1.79. The van der Waals surface area contributed by atoms with Crippen molar-refractivity contribution in [1.82, 2.24) is 14.8 Å². The molecule has 0 bridgehead atoms. The van der Waals surface area contributed by atoms with Crippen LogP contribution in [0.5, 0.6) is 0 Å². The fourth-order valence-electron chi connectivity index (χ4n) is 3.62. The van der Waals surface area contributed by atoms with E-state index in [1.165, 1.54) is 6.20 Å².